The molecule has 0 atom stereocenters. The number of hydrogen-bond donors (Lipinski definition) is 3. The van der Waals surface area contributed by atoms with Gasteiger partial charge in [0.15, 0.2) is 0 Å². The molecule has 0 saturated heterocycles. The van der Waals surface area contributed by atoms with Gasteiger partial charge in [0, 0.05) is 5.69 Å². The van der Waals surface area contributed by atoms with E-state index in [0.29, 0.717) is 21.4 Å². The van der Waals surface area contributed by atoms with Crippen LogP contribution in [-0.2, 0) is 4.79 Å². The summed E-state index contributed by atoms with van der Waals surface area (Å²) in [5.41, 5.74) is 6.25. The molecule has 0 unspecified atom stereocenters. The third kappa shape index (κ3) is 3.63. The molecule has 0 aliphatic carbocycles. The number of carbonyl (C=O) groups is 1. The van der Waals surface area contributed by atoms with Crippen molar-refractivity contribution in [1.29, 1.82) is 5.26 Å². The molecule has 2 rings (SSSR count). The number of nitrogens with one attached hydrogen (secondary N) is 2. The van der Waals surface area contributed by atoms with Crippen molar-refractivity contribution in [2.45, 2.75) is 5.16 Å². The molecule has 7 nitrogen and oxygen atoms in total. The molecule has 1 aromatic heterocycles. The van der Waals surface area contributed by atoms with Crippen LogP contribution in [-0.4, -0.2) is 26.8 Å². The smallest absolute Gasteiger partial charge is 0.234 e. The van der Waals surface area contributed by atoms with Crippen LogP contribution in [0.2, 0.25) is 5.02 Å². The summed E-state index contributed by atoms with van der Waals surface area (Å²) in [6.07, 6.45) is 0. The maximum absolute atomic E-state index is 11.7. The van der Waals surface area contributed by atoms with E-state index in [4.69, 9.17) is 22.6 Å². The largest absolute Gasteiger partial charge is 0.368 e. The topological polar surface area (TPSA) is 120 Å². The Morgan fingerprint density at radius 3 is 3.00 bits per heavy atom. The van der Waals surface area contributed by atoms with Crippen LogP contribution in [0.1, 0.15) is 5.56 Å². The van der Waals surface area contributed by atoms with Gasteiger partial charge in [-0.15, -0.1) is 5.10 Å². The average molecular weight is 309 g/mol. The van der Waals surface area contributed by atoms with Crippen molar-refractivity contribution in [3.05, 3.63) is 28.8 Å². The third-order valence-electron chi connectivity index (χ3n) is 2.19. The Kier molecular flexibility index (Phi) is 4.45. The first kappa shape index (κ1) is 14.2. The first-order valence-electron chi connectivity index (χ1n) is 5.38. The standard InChI is InChI=1S/C11H9ClN6OS/c12-8-3-7(2-1-6(8)4-13)15-9(19)5-20-11-16-10(14)17-18-11/h1-3H,5H2,(H,15,19)(H3,14,16,17,18). The lowest BCUT2D eigenvalue weighted by molar-refractivity contribution is -0.113. The summed E-state index contributed by atoms with van der Waals surface area (Å²) in [7, 11) is 0. The van der Waals surface area contributed by atoms with Gasteiger partial charge in [-0.1, -0.05) is 23.4 Å². The van der Waals surface area contributed by atoms with E-state index in [1.165, 1.54) is 6.07 Å². The molecule has 1 aromatic carbocycles. The number of halogens is 1. The van der Waals surface area contributed by atoms with Crippen LogP contribution in [0.4, 0.5) is 11.6 Å². The van der Waals surface area contributed by atoms with Crippen molar-refractivity contribution in [1.82, 2.24) is 15.2 Å². The zero-order chi connectivity index (χ0) is 14.5. The molecule has 9 heteroatoms. The van der Waals surface area contributed by atoms with Crippen molar-refractivity contribution < 1.29 is 4.79 Å². The number of aromatic nitrogens is 3. The number of nitrogens with two attached hydrogens (primary N) is 1. The summed E-state index contributed by atoms with van der Waals surface area (Å²) in [4.78, 5) is 15.6. The number of anilines is 2. The number of H-pyrrole nitrogens is 1. The first-order chi connectivity index (χ1) is 9.58. The molecule has 2 aromatic rings. The van der Waals surface area contributed by atoms with Crippen LogP contribution in [0.3, 0.4) is 0 Å². The summed E-state index contributed by atoms with van der Waals surface area (Å²) in [6, 6.07) is 6.62. The molecule has 0 fully saturated rings. The van der Waals surface area contributed by atoms with Crippen molar-refractivity contribution >= 4 is 40.9 Å². The number of nitrogens with zero attached hydrogens (tertiary/aromatic N) is 3. The van der Waals surface area contributed by atoms with E-state index >= 15 is 0 Å². The van der Waals surface area contributed by atoms with E-state index in [9.17, 15) is 4.79 Å². The minimum absolute atomic E-state index is 0.134. The molecular weight excluding hydrogens is 300 g/mol. The van der Waals surface area contributed by atoms with Gasteiger partial charge in [0.2, 0.25) is 17.0 Å². The molecule has 0 radical (unpaired) electrons. The zero-order valence-corrected chi connectivity index (χ0v) is 11.6. The lowest BCUT2D eigenvalue weighted by atomic mass is 10.2. The maximum Gasteiger partial charge on any atom is 0.234 e. The van der Waals surface area contributed by atoms with Gasteiger partial charge in [0.1, 0.15) is 6.07 Å². The second-order valence-electron chi connectivity index (χ2n) is 3.65. The Hall–Kier alpha value is -2.24. The lowest BCUT2D eigenvalue weighted by Crippen LogP contribution is -2.14. The number of aromatic amines is 1. The van der Waals surface area contributed by atoms with E-state index in [2.05, 4.69) is 20.5 Å². The fourth-order valence-corrected chi connectivity index (χ4v) is 2.16. The highest BCUT2D eigenvalue weighted by Gasteiger charge is 2.08. The SMILES string of the molecule is N#Cc1ccc(NC(=O)CSc2n[nH]c(N)n2)cc1Cl. The maximum atomic E-state index is 11.7. The van der Waals surface area contributed by atoms with Gasteiger partial charge in [-0.25, -0.2) is 5.10 Å². The second kappa shape index (κ2) is 6.27. The number of rotatable bonds is 4. The predicted octanol–water partition coefficient (Wildman–Crippen LogP) is 1.64. The van der Waals surface area contributed by atoms with E-state index in [0.717, 1.165) is 11.8 Å². The van der Waals surface area contributed by atoms with Gasteiger partial charge < -0.3 is 11.1 Å². The molecule has 4 N–H and O–H groups in total. The van der Waals surface area contributed by atoms with E-state index in [-0.39, 0.29) is 17.6 Å². The Bertz CT molecular complexity index is 680. The summed E-state index contributed by atoms with van der Waals surface area (Å²) >= 11 is 7.02. The Balaban J connectivity index is 1.91. The molecule has 1 heterocycles. The van der Waals surface area contributed by atoms with E-state index in [1.807, 2.05) is 6.07 Å². The van der Waals surface area contributed by atoms with Crippen LogP contribution < -0.4 is 11.1 Å². The minimum Gasteiger partial charge on any atom is -0.368 e. The first-order valence-corrected chi connectivity index (χ1v) is 6.75. The van der Waals surface area contributed by atoms with Crippen LogP contribution in [0.15, 0.2) is 23.4 Å². The highest BCUT2D eigenvalue weighted by molar-refractivity contribution is 7.99. The molecule has 0 saturated carbocycles. The molecule has 0 aliphatic rings. The molecular formula is C11H9ClN6OS. The quantitative estimate of drug-likeness (QED) is 0.738. The van der Waals surface area contributed by atoms with Gasteiger partial charge in [0.05, 0.1) is 16.3 Å². The Morgan fingerprint density at radius 1 is 1.60 bits per heavy atom. The number of thioether (sulfide) groups is 1. The van der Waals surface area contributed by atoms with Crippen LogP contribution in [0, 0.1) is 11.3 Å². The number of amides is 1. The Labute approximate surface area is 123 Å². The molecule has 20 heavy (non-hydrogen) atoms. The minimum atomic E-state index is -0.237. The number of nitrogen functional groups attached to an aromatic ring is 1. The van der Waals surface area contributed by atoms with Crippen molar-refractivity contribution in [3.8, 4) is 6.07 Å². The van der Waals surface area contributed by atoms with Crippen LogP contribution >= 0.6 is 23.4 Å². The monoisotopic (exact) mass is 308 g/mol. The fourth-order valence-electron chi connectivity index (χ4n) is 1.33. The summed E-state index contributed by atoms with van der Waals surface area (Å²) < 4.78 is 0. The van der Waals surface area contributed by atoms with Gasteiger partial charge in [-0.3, -0.25) is 4.79 Å². The summed E-state index contributed by atoms with van der Waals surface area (Å²) in [5, 5.41) is 18.4. The number of hydrogen-bond acceptors (Lipinski definition) is 6. The fraction of sp³-hybridized carbons (Fsp3) is 0.0909. The molecule has 0 aliphatic heterocycles. The van der Waals surface area contributed by atoms with Gasteiger partial charge in [-0.2, -0.15) is 10.2 Å². The zero-order valence-electron chi connectivity index (χ0n) is 10.1. The number of nitriles is 1. The van der Waals surface area contributed by atoms with Gasteiger partial charge in [0.25, 0.3) is 0 Å². The normalized spacial score (nSPS) is 10.0. The predicted molar refractivity (Wildman–Crippen MR) is 76.3 cm³/mol. The second-order valence-corrected chi connectivity index (χ2v) is 5.00. The molecule has 102 valence electrons. The highest BCUT2D eigenvalue weighted by Crippen LogP contribution is 2.20. The van der Waals surface area contributed by atoms with Crippen molar-refractivity contribution in [2.75, 3.05) is 16.8 Å². The molecule has 0 bridgehead atoms. The van der Waals surface area contributed by atoms with E-state index < -0.39 is 0 Å². The van der Waals surface area contributed by atoms with Gasteiger partial charge in [-0.05, 0) is 18.2 Å². The summed E-state index contributed by atoms with van der Waals surface area (Å²) in [6.45, 7) is 0. The Morgan fingerprint density at radius 2 is 2.40 bits per heavy atom. The van der Waals surface area contributed by atoms with Gasteiger partial charge >= 0.3 is 0 Å². The summed E-state index contributed by atoms with van der Waals surface area (Å²) in [5.74, 6) is 0.0977. The van der Waals surface area contributed by atoms with Crippen molar-refractivity contribution in [2.24, 2.45) is 0 Å². The average Bonchev–Trinajstić information content (AvgIpc) is 2.82. The van der Waals surface area contributed by atoms with Crippen LogP contribution in [0.5, 0.6) is 0 Å². The number of carbonyl (C=O) groups excluding carboxylic acids is 1. The highest BCUT2D eigenvalue weighted by atomic mass is 35.5. The lowest BCUT2D eigenvalue weighted by Gasteiger charge is -2.05. The number of benzene rings is 1. The third-order valence-corrected chi connectivity index (χ3v) is 3.35. The van der Waals surface area contributed by atoms with E-state index in [1.54, 1.807) is 12.1 Å². The van der Waals surface area contributed by atoms with Crippen LogP contribution in [0.25, 0.3) is 0 Å². The van der Waals surface area contributed by atoms with Crippen molar-refractivity contribution in [3.63, 3.8) is 0 Å². The molecule has 0 spiro atoms. The molecule has 1 amide bonds.